The highest BCUT2D eigenvalue weighted by Crippen LogP contribution is 2.31. The largest absolute Gasteiger partial charge is 0.379 e. The Morgan fingerprint density at radius 3 is 1.38 bits per heavy atom. The quantitative estimate of drug-likeness (QED) is 0.0229. The number of unbranched alkanes of at least 4 members (excludes halogenated alkanes) is 2. The third-order valence-corrected chi connectivity index (χ3v) is 15.7. The van der Waals surface area contributed by atoms with Crippen LogP contribution in [0.3, 0.4) is 0 Å². The van der Waals surface area contributed by atoms with Gasteiger partial charge in [-0.3, -0.25) is 72.0 Å². The van der Waals surface area contributed by atoms with Crippen molar-refractivity contribution >= 4 is 82.5 Å². The van der Waals surface area contributed by atoms with Crippen LogP contribution in [0.25, 0.3) is 0 Å². The molecule has 2 aliphatic rings. The van der Waals surface area contributed by atoms with Gasteiger partial charge >= 0.3 is 0 Å². The van der Waals surface area contributed by atoms with Crippen molar-refractivity contribution in [1.29, 1.82) is 0 Å². The number of ketones is 2. The highest BCUT2D eigenvalue weighted by molar-refractivity contribution is 6.12. The fraction of sp³-hybridized carbons (Fsp3) is 0.588. The molecule has 30 nitrogen and oxygen atoms in total. The van der Waals surface area contributed by atoms with E-state index in [2.05, 4.69) is 53.2 Å². The van der Waals surface area contributed by atoms with Gasteiger partial charge in [0.1, 0.15) is 31.2 Å². The number of imide groups is 1. The monoisotopic (exact) mass is 1370 g/mol. The fourth-order valence-electron chi connectivity index (χ4n) is 10.3. The zero-order valence-electron chi connectivity index (χ0n) is 56.4. The van der Waals surface area contributed by atoms with Gasteiger partial charge in [0, 0.05) is 70.1 Å². The van der Waals surface area contributed by atoms with Crippen molar-refractivity contribution in [3.05, 3.63) is 83.9 Å². The molecule has 1 saturated carbocycles. The normalized spacial score (nSPS) is 15.0. The number of nitrogens with zero attached hydrogens (tertiary/aromatic N) is 1. The Hall–Kier alpha value is -8.84. The van der Waals surface area contributed by atoms with Crippen molar-refractivity contribution in [2.75, 3.05) is 112 Å². The first-order valence-corrected chi connectivity index (χ1v) is 33.5. The summed E-state index contributed by atoms with van der Waals surface area (Å²) in [6.45, 7) is 2.25. The van der Waals surface area contributed by atoms with E-state index in [1.165, 1.54) is 30.9 Å². The number of amides is 12. The molecule has 3 atom stereocenters. The van der Waals surface area contributed by atoms with Crippen LogP contribution in [0.2, 0.25) is 0 Å². The first kappa shape index (κ1) is 81.6. The summed E-state index contributed by atoms with van der Waals surface area (Å²) in [5.74, 6) is -5.61. The highest BCUT2D eigenvalue weighted by atomic mass is 16.5. The minimum Gasteiger partial charge on any atom is -0.379 e. The standard InChI is InChI=1S/C68H99N11O19/c1-48(80)40-73-67(92)55(38-52-12-6-3-7-13-52)77-63(88)44-71-60(85)41-69-57(82)27-32-96-36-34-94-30-25-51(18-17-50-19-21-54(22-20-50)76-59(84)16-10-5-11-29-79-65(90)23-24-66(79)91)26-31-95-35-37-97-33-28-58(83)70-42-61(86)72-45-64(89)78-56(39-53-14-8-4-9-15-53)68(93)74-43-62(87)75-47-98-46-49(2)81/h3-4,6-9,12-15,23-24,50-51,54-56H,5,10-11,16-22,25-47H2,1-2H3,(H,69,82)(H,70,83)(H,71,85)(H,72,86)(H,73,92)(H,74,93)(H,75,87)(H,76,84)(H,77,88)(H,78,89)/t50?,51?,54?,55-,56-/m0/s1. The number of carbonyl (C=O) groups excluding carboxylic acids is 14. The van der Waals surface area contributed by atoms with Crippen LogP contribution in [0.15, 0.2) is 72.8 Å². The van der Waals surface area contributed by atoms with E-state index in [0.29, 0.717) is 44.9 Å². The summed E-state index contributed by atoms with van der Waals surface area (Å²) in [5, 5.41) is 25.5. The Morgan fingerprint density at radius 1 is 0.439 bits per heavy atom. The molecule has 30 heteroatoms. The minimum absolute atomic E-state index is 0.00759. The Kier molecular flexibility index (Phi) is 40.6. The Morgan fingerprint density at radius 2 is 0.888 bits per heavy atom. The molecule has 1 aliphatic carbocycles. The summed E-state index contributed by atoms with van der Waals surface area (Å²) in [6, 6.07) is 15.8. The lowest BCUT2D eigenvalue weighted by molar-refractivity contribution is -0.137. The number of Topliss-reactive ketones (excluding diaryl/α,β-unsaturated/α-hetero) is 2. The summed E-state index contributed by atoms with van der Waals surface area (Å²) in [7, 11) is 0. The molecule has 540 valence electrons. The maximum Gasteiger partial charge on any atom is 0.253 e. The summed E-state index contributed by atoms with van der Waals surface area (Å²) in [6.07, 6.45) is 12.3. The van der Waals surface area contributed by atoms with Gasteiger partial charge in [-0.25, -0.2) is 0 Å². The molecular formula is C68H99N11O19. The second-order valence-electron chi connectivity index (χ2n) is 23.9. The van der Waals surface area contributed by atoms with Gasteiger partial charge in [0.25, 0.3) is 11.8 Å². The molecule has 1 aliphatic heterocycles. The van der Waals surface area contributed by atoms with Crippen LogP contribution < -0.4 is 53.2 Å². The van der Waals surface area contributed by atoms with Crippen LogP contribution in [0, 0.1) is 11.8 Å². The fourth-order valence-corrected chi connectivity index (χ4v) is 10.3. The molecule has 2 aromatic rings. The van der Waals surface area contributed by atoms with E-state index >= 15 is 0 Å². The summed E-state index contributed by atoms with van der Waals surface area (Å²) in [5.41, 5.74) is 1.50. The van der Waals surface area contributed by atoms with Gasteiger partial charge in [0.05, 0.1) is 78.9 Å². The van der Waals surface area contributed by atoms with E-state index in [0.717, 1.165) is 68.9 Å². The molecule has 98 heavy (non-hydrogen) atoms. The van der Waals surface area contributed by atoms with Crippen molar-refractivity contribution in [2.24, 2.45) is 11.8 Å². The zero-order chi connectivity index (χ0) is 71.1. The van der Waals surface area contributed by atoms with Crippen LogP contribution in [0.4, 0.5) is 0 Å². The van der Waals surface area contributed by atoms with Crippen molar-refractivity contribution in [2.45, 2.75) is 135 Å². The number of benzene rings is 2. The first-order chi connectivity index (χ1) is 47.2. The molecule has 10 N–H and O–H groups in total. The van der Waals surface area contributed by atoms with Gasteiger partial charge in [-0.1, -0.05) is 79.9 Å². The maximum atomic E-state index is 13.1. The number of carbonyl (C=O) groups is 14. The molecular weight excluding hydrogens is 1270 g/mol. The van der Waals surface area contributed by atoms with Crippen molar-refractivity contribution in [3.8, 4) is 0 Å². The van der Waals surface area contributed by atoms with E-state index in [1.54, 1.807) is 54.6 Å². The average molecular weight is 1370 g/mol. The smallest absolute Gasteiger partial charge is 0.253 e. The highest BCUT2D eigenvalue weighted by Gasteiger charge is 2.27. The van der Waals surface area contributed by atoms with Crippen LogP contribution in [-0.4, -0.2) is 217 Å². The summed E-state index contributed by atoms with van der Waals surface area (Å²) >= 11 is 0. The molecule has 0 bridgehead atoms. The van der Waals surface area contributed by atoms with Gasteiger partial charge in [-0.2, -0.15) is 0 Å². The first-order valence-electron chi connectivity index (χ1n) is 33.5. The molecule has 12 amide bonds. The predicted octanol–water partition coefficient (Wildman–Crippen LogP) is -0.410. The molecule has 0 saturated heterocycles. The third-order valence-electron chi connectivity index (χ3n) is 15.7. The zero-order valence-corrected chi connectivity index (χ0v) is 56.4. The van der Waals surface area contributed by atoms with E-state index in [1.807, 2.05) is 6.07 Å². The molecule has 0 aromatic heterocycles. The Balaban J connectivity index is 1.10. The topological polar surface area (TPSA) is 409 Å². The Bertz CT molecular complexity index is 2890. The van der Waals surface area contributed by atoms with Crippen LogP contribution >= 0.6 is 0 Å². The summed E-state index contributed by atoms with van der Waals surface area (Å²) < 4.78 is 28.1. The summed E-state index contributed by atoms with van der Waals surface area (Å²) in [4.78, 5) is 173. The lowest BCUT2D eigenvalue weighted by atomic mass is 9.81. The van der Waals surface area contributed by atoms with Crippen molar-refractivity contribution in [1.82, 2.24) is 58.1 Å². The number of ether oxygens (including phenoxy) is 5. The third kappa shape index (κ3) is 38.2. The molecule has 0 spiro atoms. The molecule has 1 heterocycles. The van der Waals surface area contributed by atoms with Crippen molar-refractivity contribution < 1.29 is 90.8 Å². The SMILES string of the molecule is CC(=O)CNC(=O)[C@H](Cc1ccccc1)NC(=O)CNC(=O)CNC(=O)CCOCCOCCC(CCOCCOCCC(=O)NCC(=O)NCC(=O)N[C@@H](Cc1ccccc1)C(=O)NCC(=O)NCOCC(C)=O)CCC1CCC(NC(=O)CCCCCN2C(=O)C=CC2=O)CC1. The molecule has 0 radical (unpaired) electrons. The number of rotatable bonds is 52. The lowest BCUT2D eigenvalue weighted by Gasteiger charge is -2.30. The second-order valence-corrected chi connectivity index (χ2v) is 23.9. The Labute approximate surface area is 571 Å². The van der Waals surface area contributed by atoms with Gasteiger partial charge in [0.15, 0.2) is 5.78 Å². The van der Waals surface area contributed by atoms with E-state index in [-0.39, 0.29) is 133 Å². The average Bonchev–Trinajstić information content (AvgIpc) is 1.61. The van der Waals surface area contributed by atoms with Crippen LogP contribution in [0.5, 0.6) is 0 Å². The van der Waals surface area contributed by atoms with E-state index in [4.69, 9.17) is 23.7 Å². The van der Waals surface area contributed by atoms with E-state index < -0.39 is 91.4 Å². The van der Waals surface area contributed by atoms with Gasteiger partial charge in [-0.15, -0.1) is 0 Å². The maximum absolute atomic E-state index is 13.1. The second kappa shape index (κ2) is 48.8. The van der Waals surface area contributed by atoms with Gasteiger partial charge < -0.3 is 76.9 Å². The van der Waals surface area contributed by atoms with Gasteiger partial charge in [0.2, 0.25) is 59.1 Å². The van der Waals surface area contributed by atoms with Gasteiger partial charge in [-0.05, 0) is 88.2 Å². The lowest BCUT2D eigenvalue weighted by Crippen LogP contribution is -2.52. The molecule has 2 aromatic carbocycles. The number of nitrogens with one attached hydrogen (secondary N) is 10. The molecule has 1 fully saturated rings. The predicted molar refractivity (Wildman–Crippen MR) is 355 cm³/mol. The van der Waals surface area contributed by atoms with Crippen LogP contribution in [0.1, 0.15) is 115 Å². The van der Waals surface area contributed by atoms with Crippen molar-refractivity contribution in [3.63, 3.8) is 0 Å². The molecule has 4 rings (SSSR count). The number of hydrogen-bond donors (Lipinski definition) is 10. The van der Waals surface area contributed by atoms with E-state index in [9.17, 15) is 67.1 Å². The van der Waals surface area contributed by atoms with Crippen LogP contribution in [-0.2, 0) is 104 Å². The molecule has 1 unspecified atom stereocenters. The minimum atomic E-state index is -1.10. The number of hydrogen-bond acceptors (Lipinski definition) is 19.